The second kappa shape index (κ2) is 21.9. The lowest BCUT2D eigenvalue weighted by atomic mass is 9.98. The largest absolute Gasteiger partial charge is 0.508 e. The minimum absolute atomic E-state index is 0.134. The van der Waals surface area contributed by atoms with Crippen LogP contribution >= 0.6 is 0 Å². The standard InChI is InChI=1S/C18H24N4O18.C15H10O7/c23-11(1-5-19(28)29)36-9-10-15(38-12(24)2-6-20(30)31)16(39-13(25)3-7-21(32)33)17(18(27)37-10)40-14(26)4-8-22(34)35;16-7-4-10(19)12-11(5-7)22-15(14(21)13(12)20)6-1-2-8(17)9(18)3-6/h10,15-18,27H,1-9H2;1-5,16-19,21H. The van der Waals surface area contributed by atoms with Crippen molar-refractivity contribution in [2.45, 2.75) is 56.4 Å². The fourth-order valence-electron chi connectivity index (χ4n) is 5.18. The van der Waals surface area contributed by atoms with Gasteiger partial charge in [0.1, 0.15) is 60.9 Å². The minimum atomic E-state index is -2.22. The Hall–Kier alpha value is -7.95. The molecule has 0 bridgehead atoms. The lowest BCUT2D eigenvalue weighted by Gasteiger charge is -2.42. The summed E-state index contributed by atoms with van der Waals surface area (Å²) in [6.45, 7) is -4.46. The summed E-state index contributed by atoms with van der Waals surface area (Å²) < 4.78 is 30.4. The number of hydrogen-bond donors (Lipinski definition) is 6. The van der Waals surface area contributed by atoms with Gasteiger partial charge in [-0.3, -0.25) is 64.4 Å². The number of hydrogen-bond acceptors (Lipinski definition) is 25. The number of aromatic hydroxyl groups is 5. The van der Waals surface area contributed by atoms with Crippen LogP contribution in [0, 0.1) is 40.5 Å². The van der Waals surface area contributed by atoms with Gasteiger partial charge >= 0.3 is 23.9 Å². The molecule has 29 heteroatoms. The molecular formula is C33H34N4O25. The van der Waals surface area contributed by atoms with Crippen LogP contribution in [0.15, 0.2) is 39.5 Å². The van der Waals surface area contributed by atoms with Crippen LogP contribution in [0.2, 0.25) is 0 Å². The highest BCUT2D eigenvalue weighted by atomic mass is 16.7. The molecule has 336 valence electrons. The first kappa shape index (κ1) is 48.4. The molecule has 5 atom stereocenters. The number of aliphatic hydroxyl groups excluding tert-OH is 1. The fraction of sp³-hybridized carbons (Fsp3) is 0.424. The van der Waals surface area contributed by atoms with Gasteiger partial charge in [-0.25, -0.2) is 0 Å². The molecule has 2 heterocycles. The minimum Gasteiger partial charge on any atom is -0.508 e. The van der Waals surface area contributed by atoms with E-state index in [1.54, 1.807) is 0 Å². The molecule has 0 saturated carbocycles. The summed E-state index contributed by atoms with van der Waals surface area (Å²) in [6, 6.07) is 5.64. The fourth-order valence-corrected chi connectivity index (χ4v) is 5.18. The molecule has 1 aliphatic rings. The summed E-state index contributed by atoms with van der Waals surface area (Å²) in [5, 5.41) is 100. The van der Waals surface area contributed by atoms with Crippen LogP contribution in [-0.2, 0) is 42.9 Å². The molecular weight excluding hydrogens is 852 g/mol. The lowest BCUT2D eigenvalue weighted by molar-refractivity contribution is -0.479. The molecule has 0 aliphatic carbocycles. The topological polar surface area (TPSA) is 439 Å². The Morgan fingerprint density at radius 3 is 1.61 bits per heavy atom. The Morgan fingerprint density at radius 2 is 1.11 bits per heavy atom. The number of phenolic OH excluding ortho intramolecular Hbond substituents is 4. The summed E-state index contributed by atoms with van der Waals surface area (Å²) in [6.07, 6.45) is -13.2. The number of esters is 4. The molecule has 6 N–H and O–H groups in total. The summed E-state index contributed by atoms with van der Waals surface area (Å²) in [7, 11) is 0. The van der Waals surface area contributed by atoms with Crippen LogP contribution in [-0.4, -0.2) is 138 Å². The highest BCUT2D eigenvalue weighted by molar-refractivity contribution is 5.88. The smallest absolute Gasteiger partial charge is 0.313 e. The van der Waals surface area contributed by atoms with E-state index in [2.05, 4.69) is 0 Å². The number of ether oxygens (including phenoxy) is 5. The highest BCUT2D eigenvalue weighted by Gasteiger charge is 2.52. The average Bonchev–Trinajstić information content (AvgIpc) is 3.18. The summed E-state index contributed by atoms with van der Waals surface area (Å²) in [4.78, 5) is 99.4. The van der Waals surface area contributed by atoms with Gasteiger partial charge in [-0.1, -0.05) is 0 Å². The van der Waals surface area contributed by atoms with Crippen LogP contribution < -0.4 is 5.43 Å². The van der Waals surface area contributed by atoms with E-state index in [1.807, 2.05) is 0 Å². The SMILES string of the molecule is O=C(CC[N+](=O)[O-])OCC1OC(O)C(OC(=O)CC[N+](=O)[O-])C(OC(=O)CC[N+](=O)[O-])C1OC(=O)CC[N+](=O)[O-].O=c1c(O)c(-c2ccc(O)c(O)c2)oc2cc(O)cc(O)c12. The van der Waals surface area contributed by atoms with Crippen molar-refractivity contribution in [1.29, 1.82) is 0 Å². The molecule has 1 saturated heterocycles. The van der Waals surface area contributed by atoms with Gasteiger partial charge in [0.15, 0.2) is 41.9 Å². The van der Waals surface area contributed by atoms with E-state index in [9.17, 15) is 95.1 Å². The first-order chi connectivity index (χ1) is 29.1. The van der Waals surface area contributed by atoms with Crippen molar-refractivity contribution >= 4 is 34.8 Å². The van der Waals surface area contributed by atoms with Crippen LogP contribution in [0.1, 0.15) is 25.7 Å². The molecule has 62 heavy (non-hydrogen) atoms. The Balaban J connectivity index is 0.000000387. The predicted molar refractivity (Wildman–Crippen MR) is 194 cm³/mol. The molecule has 1 aliphatic heterocycles. The number of nitrogens with zero attached hydrogens (tertiary/aromatic N) is 4. The third-order valence-electron chi connectivity index (χ3n) is 7.99. The van der Waals surface area contributed by atoms with Crippen LogP contribution in [0.5, 0.6) is 28.7 Å². The number of fused-ring (bicyclic) bond motifs is 1. The Morgan fingerprint density at radius 1 is 0.629 bits per heavy atom. The van der Waals surface area contributed by atoms with Gasteiger partial charge in [-0.15, -0.1) is 0 Å². The average molecular weight is 887 g/mol. The summed E-state index contributed by atoms with van der Waals surface area (Å²) in [5.41, 5.74) is -0.890. The second-order valence-electron chi connectivity index (χ2n) is 12.5. The van der Waals surface area contributed by atoms with Crippen LogP contribution in [0.4, 0.5) is 0 Å². The van der Waals surface area contributed by atoms with Gasteiger partial charge in [0, 0.05) is 37.4 Å². The van der Waals surface area contributed by atoms with Gasteiger partial charge in [0.2, 0.25) is 37.4 Å². The van der Waals surface area contributed by atoms with E-state index < -0.39 is 155 Å². The van der Waals surface area contributed by atoms with Gasteiger partial charge in [-0.2, -0.15) is 0 Å². The second-order valence-corrected chi connectivity index (χ2v) is 12.5. The van der Waals surface area contributed by atoms with E-state index in [-0.39, 0.29) is 33.8 Å². The number of carbonyl (C=O) groups is 4. The van der Waals surface area contributed by atoms with Crippen molar-refractivity contribution < 1.29 is 97.6 Å². The number of benzene rings is 2. The van der Waals surface area contributed by atoms with E-state index in [4.69, 9.17) is 28.1 Å². The molecule has 0 radical (unpaired) electrons. The number of rotatable bonds is 18. The third-order valence-corrected chi connectivity index (χ3v) is 7.99. The zero-order chi connectivity index (χ0) is 46.4. The van der Waals surface area contributed by atoms with E-state index in [0.717, 1.165) is 24.3 Å². The van der Waals surface area contributed by atoms with Gasteiger partial charge in [-0.05, 0) is 18.2 Å². The molecule has 0 spiro atoms. The molecule has 1 fully saturated rings. The van der Waals surface area contributed by atoms with Crippen LogP contribution in [0.3, 0.4) is 0 Å². The highest BCUT2D eigenvalue weighted by Crippen LogP contribution is 2.37. The number of phenols is 4. The van der Waals surface area contributed by atoms with E-state index in [1.165, 1.54) is 6.07 Å². The monoisotopic (exact) mass is 886 g/mol. The number of nitro groups is 4. The third kappa shape index (κ3) is 14.1. The molecule has 1 aromatic heterocycles. The Labute approximate surface area is 342 Å². The molecule has 3 aromatic rings. The zero-order valence-electron chi connectivity index (χ0n) is 31.4. The molecule has 29 nitrogen and oxygen atoms in total. The first-order valence-corrected chi connectivity index (χ1v) is 17.4. The van der Waals surface area contributed by atoms with Crippen molar-refractivity contribution in [3.63, 3.8) is 0 Å². The maximum absolute atomic E-state index is 12.3. The first-order valence-electron chi connectivity index (χ1n) is 17.4. The lowest BCUT2D eigenvalue weighted by Crippen LogP contribution is -2.62. The molecule has 2 aromatic carbocycles. The molecule has 0 amide bonds. The molecule has 5 unspecified atom stereocenters. The van der Waals surface area contributed by atoms with Gasteiger partial charge in [0.05, 0.1) is 0 Å². The Kier molecular flexibility index (Phi) is 17.1. The van der Waals surface area contributed by atoms with Crippen molar-refractivity contribution in [3.8, 4) is 40.1 Å². The zero-order valence-corrected chi connectivity index (χ0v) is 31.4. The molecule has 4 rings (SSSR count). The van der Waals surface area contributed by atoms with E-state index >= 15 is 0 Å². The summed E-state index contributed by atoms with van der Waals surface area (Å²) in [5.74, 6) is -7.78. The van der Waals surface area contributed by atoms with Gasteiger partial charge in [0.25, 0.3) is 0 Å². The van der Waals surface area contributed by atoms with Crippen molar-refractivity contribution in [1.82, 2.24) is 0 Å². The number of aliphatic hydroxyl groups is 1. The van der Waals surface area contributed by atoms with Gasteiger partial charge < -0.3 is 58.7 Å². The quantitative estimate of drug-likeness (QED) is 0.0312. The Bertz CT molecular complexity index is 2260. The van der Waals surface area contributed by atoms with Crippen molar-refractivity contribution in [2.75, 3.05) is 32.8 Å². The number of carbonyl (C=O) groups excluding carboxylic acids is 4. The maximum atomic E-state index is 12.3. The van der Waals surface area contributed by atoms with Crippen molar-refractivity contribution in [3.05, 3.63) is 81.0 Å². The van der Waals surface area contributed by atoms with Crippen LogP contribution in [0.25, 0.3) is 22.3 Å². The van der Waals surface area contributed by atoms with Crippen molar-refractivity contribution in [2.24, 2.45) is 0 Å². The maximum Gasteiger partial charge on any atom is 0.313 e. The predicted octanol–water partition coefficient (Wildman–Crippen LogP) is -0.363. The van der Waals surface area contributed by atoms with E-state index in [0.29, 0.717) is 0 Å². The summed E-state index contributed by atoms with van der Waals surface area (Å²) >= 11 is 0. The normalized spacial score (nSPS) is 18.0.